The van der Waals surface area contributed by atoms with Gasteiger partial charge in [0, 0.05) is 18.8 Å². The number of nitrogens with zero attached hydrogens (tertiary/aromatic N) is 2. The van der Waals surface area contributed by atoms with Crippen LogP contribution in [0.4, 0.5) is 0 Å². The van der Waals surface area contributed by atoms with E-state index in [-0.39, 0.29) is 6.79 Å². The number of carboxylic acid groups (broad SMARTS) is 1. The maximum atomic E-state index is 11.2. The highest BCUT2D eigenvalue weighted by molar-refractivity contribution is 5.86. The van der Waals surface area contributed by atoms with Gasteiger partial charge in [0.15, 0.2) is 11.5 Å². The maximum absolute atomic E-state index is 11.2. The first-order valence-electron chi connectivity index (χ1n) is 8.06. The number of aliphatic carboxylic acids is 1. The highest BCUT2D eigenvalue weighted by Gasteiger charge is 2.23. The van der Waals surface area contributed by atoms with E-state index in [1.807, 2.05) is 12.1 Å². The molecule has 6 heteroatoms. The lowest BCUT2D eigenvalue weighted by Gasteiger charge is -2.22. The van der Waals surface area contributed by atoms with Gasteiger partial charge in [0.1, 0.15) is 0 Å². The molecule has 0 amide bonds. The first-order chi connectivity index (χ1) is 11.6. The summed E-state index contributed by atoms with van der Waals surface area (Å²) in [5, 5.41) is 18.3. The summed E-state index contributed by atoms with van der Waals surface area (Å²) in [6, 6.07) is 6.01. The number of fused-ring (bicyclic) bond motifs is 1. The van der Waals surface area contributed by atoms with Gasteiger partial charge in [-0.25, -0.2) is 4.79 Å². The van der Waals surface area contributed by atoms with Gasteiger partial charge < -0.3 is 19.5 Å². The quantitative estimate of drug-likeness (QED) is 0.836. The van der Waals surface area contributed by atoms with Crippen LogP contribution in [0.3, 0.4) is 0 Å². The van der Waals surface area contributed by atoms with Gasteiger partial charge in [-0.15, -0.1) is 0 Å². The molecule has 0 aliphatic carbocycles. The monoisotopic (exact) mass is 328 g/mol. The zero-order valence-electron chi connectivity index (χ0n) is 13.7. The van der Waals surface area contributed by atoms with E-state index in [1.165, 1.54) is 0 Å². The van der Waals surface area contributed by atoms with E-state index in [2.05, 4.69) is 11.0 Å². The molecule has 6 nitrogen and oxygen atoms in total. The molecule has 0 bridgehead atoms. The number of carboxylic acids is 1. The van der Waals surface area contributed by atoms with Crippen molar-refractivity contribution in [1.82, 2.24) is 4.90 Å². The van der Waals surface area contributed by atoms with Crippen LogP contribution in [-0.4, -0.2) is 35.9 Å². The third kappa shape index (κ3) is 3.16. The van der Waals surface area contributed by atoms with E-state index >= 15 is 0 Å². The average Bonchev–Trinajstić information content (AvgIpc) is 3.20. The van der Waals surface area contributed by atoms with Crippen molar-refractivity contribution in [2.24, 2.45) is 0 Å². The summed E-state index contributed by atoms with van der Waals surface area (Å²) in [5.74, 6) is 0.545. The van der Waals surface area contributed by atoms with Crippen molar-refractivity contribution in [2.45, 2.75) is 32.6 Å². The standard InChI is InChI=1S/C18H20N2O4/c1-12(18(21)22)15-3-2-7-20(15)8-5-14-10-17-16(23-11-24-17)9-13(14)4-6-19/h9-10H,2-5,7-8,11H2,1H3,(H,21,22). The Bertz CT molecular complexity index is 733. The molecule has 2 aliphatic heterocycles. The van der Waals surface area contributed by atoms with Crippen LogP contribution in [0.5, 0.6) is 11.5 Å². The van der Waals surface area contributed by atoms with Crippen molar-refractivity contribution in [2.75, 3.05) is 19.9 Å². The first-order valence-corrected chi connectivity index (χ1v) is 8.06. The van der Waals surface area contributed by atoms with E-state index in [4.69, 9.17) is 14.7 Å². The van der Waals surface area contributed by atoms with Gasteiger partial charge in [-0.3, -0.25) is 0 Å². The fourth-order valence-corrected chi connectivity index (χ4v) is 3.29. The van der Waals surface area contributed by atoms with Crippen LogP contribution in [0.2, 0.25) is 0 Å². The molecule has 1 saturated heterocycles. The fourth-order valence-electron chi connectivity index (χ4n) is 3.29. The van der Waals surface area contributed by atoms with Gasteiger partial charge in [0.05, 0.1) is 18.1 Å². The molecule has 0 saturated carbocycles. The van der Waals surface area contributed by atoms with Crippen molar-refractivity contribution >= 4 is 5.97 Å². The highest BCUT2D eigenvalue weighted by atomic mass is 16.7. The minimum Gasteiger partial charge on any atom is -0.478 e. The second-order valence-electron chi connectivity index (χ2n) is 6.03. The van der Waals surface area contributed by atoms with Crippen molar-refractivity contribution in [1.29, 1.82) is 5.26 Å². The Morgan fingerprint density at radius 1 is 1.33 bits per heavy atom. The first kappa shape index (κ1) is 16.2. The molecule has 0 spiro atoms. The van der Waals surface area contributed by atoms with Crippen LogP contribution in [-0.2, 0) is 17.6 Å². The molecule has 1 fully saturated rings. The van der Waals surface area contributed by atoms with Gasteiger partial charge >= 0.3 is 5.97 Å². The van der Waals surface area contributed by atoms with Gasteiger partial charge in [0.25, 0.3) is 0 Å². The van der Waals surface area contributed by atoms with Crippen molar-refractivity contribution in [3.8, 4) is 17.6 Å². The summed E-state index contributed by atoms with van der Waals surface area (Å²) >= 11 is 0. The topological polar surface area (TPSA) is 82.8 Å². The Labute approximate surface area is 140 Å². The molecule has 0 unspecified atom stereocenters. The summed E-state index contributed by atoms with van der Waals surface area (Å²) < 4.78 is 10.8. The predicted molar refractivity (Wildman–Crippen MR) is 86.7 cm³/mol. The molecule has 0 atom stereocenters. The minimum absolute atomic E-state index is 0.210. The van der Waals surface area contributed by atoms with E-state index in [9.17, 15) is 9.90 Å². The smallest absolute Gasteiger partial charge is 0.333 e. The Balaban J connectivity index is 1.78. The number of benzene rings is 1. The molecular weight excluding hydrogens is 308 g/mol. The summed E-state index contributed by atoms with van der Waals surface area (Å²) in [6.07, 6.45) is 2.85. The number of hydrogen-bond acceptors (Lipinski definition) is 5. The van der Waals surface area contributed by atoms with E-state index in [1.54, 1.807) is 6.92 Å². The summed E-state index contributed by atoms with van der Waals surface area (Å²) in [7, 11) is 0. The molecule has 24 heavy (non-hydrogen) atoms. The normalized spacial score (nSPS) is 17.8. The Kier molecular flexibility index (Phi) is 4.61. The Hall–Kier alpha value is -2.68. The molecule has 2 aliphatic rings. The van der Waals surface area contributed by atoms with Crippen molar-refractivity contribution in [3.63, 3.8) is 0 Å². The lowest BCUT2D eigenvalue weighted by atomic mass is 10.0. The molecule has 1 aromatic rings. The van der Waals surface area contributed by atoms with E-state index < -0.39 is 5.97 Å². The number of nitriles is 1. The number of rotatable bonds is 5. The average molecular weight is 328 g/mol. The molecule has 0 aromatic heterocycles. The molecule has 2 heterocycles. The largest absolute Gasteiger partial charge is 0.478 e. The number of likely N-dealkylation sites (tertiary alicyclic amines) is 1. The molecule has 0 radical (unpaired) electrons. The van der Waals surface area contributed by atoms with Gasteiger partial charge in [0.2, 0.25) is 6.79 Å². The predicted octanol–water partition coefficient (Wildman–Crippen LogP) is 2.48. The molecule has 1 N–H and O–H groups in total. The van der Waals surface area contributed by atoms with Crippen LogP contribution < -0.4 is 9.47 Å². The van der Waals surface area contributed by atoms with Gasteiger partial charge in [-0.2, -0.15) is 5.26 Å². The SMILES string of the molecule is CC(C(=O)O)=C1CCCN1CCc1cc2c(cc1CC#N)OCO2. The van der Waals surface area contributed by atoms with Gasteiger partial charge in [-0.05, 0) is 49.4 Å². The molecule has 1 aromatic carbocycles. The molecule has 126 valence electrons. The lowest BCUT2D eigenvalue weighted by Crippen LogP contribution is -2.23. The third-order valence-electron chi connectivity index (χ3n) is 4.59. The maximum Gasteiger partial charge on any atom is 0.333 e. The lowest BCUT2D eigenvalue weighted by molar-refractivity contribution is -0.132. The van der Waals surface area contributed by atoms with Crippen LogP contribution in [0, 0.1) is 11.3 Å². The second-order valence-corrected chi connectivity index (χ2v) is 6.03. The van der Waals surface area contributed by atoms with E-state index in [0.717, 1.165) is 49.2 Å². The van der Waals surface area contributed by atoms with Crippen LogP contribution >= 0.6 is 0 Å². The van der Waals surface area contributed by atoms with Gasteiger partial charge in [-0.1, -0.05) is 0 Å². The number of ether oxygens (including phenoxy) is 2. The van der Waals surface area contributed by atoms with Crippen molar-refractivity contribution < 1.29 is 19.4 Å². The van der Waals surface area contributed by atoms with E-state index in [0.29, 0.717) is 23.5 Å². The Morgan fingerprint density at radius 3 is 2.71 bits per heavy atom. The minimum atomic E-state index is -0.856. The highest BCUT2D eigenvalue weighted by Crippen LogP contribution is 2.35. The number of carbonyl (C=O) groups is 1. The number of hydrogen-bond donors (Lipinski definition) is 1. The zero-order valence-corrected chi connectivity index (χ0v) is 13.7. The zero-order chi connectivity index (χ0) is 17.1. The summed E-state index contributed by atoms with van der Waals surface area (Å²) in [6.45, 7) is 3.48. The summed E-state index contributed by atoms with van der Waals surface area (Å²) in [5.41, 5.74) is 3.35. The fraction of sp³-hybridized carbons (Fsp3) is 0.444. The third-order valence-corrected chi connectivity index (χ3v) is 4.59. The van der Waals surface area contributed by atoms with Crippen LogP contribution in [0.1, 0.15) is 30.9 Å². The molecule has 3 rings (SSSR count). The summed E-state index contributed by atoms with van der Waals surface area (Å²) in [4.78, 5) is 13.4. The number of allylic oxidation sites excluding steroid dienone is 1. The van der Waals surface area contributed by atoms with Crippen LogP contribution in [0.25, 0.3) is 0 Å². The molecular formula is C18H20N2O4. The van der Waals surface area contributed by atoms with Crippen molar-refractivity contribution in [3.05, 3.63) is 34.5 Å². The van der Waals surface area contributed by atoms with Crippen LogP contribution in [0.15, 0.2) is 23.4 Å². The Morgan fingerprint density at radius 2 is 2.04 bits per heavy atom. The second kappa shape index (κ2) is 6.83.